The molecule has 0 aromatic carbocycles. The Kier molecular flexibility index (Phi) is 5.59. The second-order valence-electron chi connectivity index (χ2n) is 7.42. The van der Waals surface area contributed by atoms with E-state index in [-0.39, 0.29) is 6.42 Å². The highest BCUT2D eigenvalue weighted by Crippen LogP contribution is 2.53. The summed E-state index contributed by atoms with van der Waals surface area (Å²) >= 11 is 0. The number of nitrogens with zero attached hydrogens (tertiary/aromatic N) is 2. The van der Waals surface area contributed by atoms with Gasteiger partial charge in [-0.1, -0.05) is 0 Å². The van der Waals surface area contributed by atoms with Crippen LogP contribution < -0.4 is 21.1 Å². The molecule has 4 N–H and O–H groups in total. The van der Waals surface area contributed by atoms with E-state index in [0.717, 1.165) is 44.6 Å². The average molecular weight is 375 g/mol. The molecule has 3 rings (SSSR count). The van der Waals surface area contributed by atoms with E-state index in [2.05, 4.69) is 26.1 Å². The lowest BCUT2D eigenvalue weighted by molar-refractivity contribution is -0.140. The van der Waals surface area contributed by atoms with Crippen LogP contribution >= 0.6 is 0 Å². The Balaban J connectivity index is 1.49. The summed E-state index contributed by atoms with van der Waals surface area (Å²) in [7, 11) is 1.50. The van der Waals surface area contributed by atoms with E-state index in [9.17, 15) is 14.4 Å². The Morgan fingerprint density at radius 3 is 2.48 bits per heavy atom. The zero-order chi connectivity index (χ0) is 19.4. The quantitative estimate of drug-likeness (QED) is 0.442. The first-order chi connectivity index (χ1) is 12.9. The first-order valence-corrected chi connectivity index (χ1v) is 9.12. The Hall–Kier alpha value is -2.68. The van der Waals surface area contributed by atoms with Crippen LogP contribution in [-0.2, 0) is 14.4 Å². The van der Waals surface area contributed by atoms with E-state index in [1.165, 1.54) is 13.2 Å². The van der Waals surface area contributed by atoms with Crippen LogP contribution in [0.4, 0.5) is 11.5 Å². The van der Waals surface area contributed by atoms with Gasteiger partial charge in [-0.2, -0.15) is 0 Å². The number of hydrogen-bond acceptors (Lipinski definition) is 6. The Morgan fingerprint density at radius 1 is 1.22 bits per heavy atom. The third kappa shape index (κ3) is 4.54. The number of pyridine rings is 1. The number of aliphatic carboxylic acids is 1. The number of hydrazine groups is 1. The Bertz CT molecular complexity index is 705. The maximum absolute atomic E-state index is 11.7. The summed E-state index contributed by atoms with van der Waals surface area (Å²) < 4.78 is 0. The van der Waals surface area contributed by atoms with Crippen molar-refractivity contribution in [1.29, 1.82) is 0 Å². The highest BCUT2D eigenvalue weighted by molar-refractivity contribution is 6.39. The lowest BCUT2D eigenvalue weighted by atomic mass is 9.57. The summed E-state index contributed by atoms with van der Waals surface area (Å²) in [5.41, 5.74) is 5.37. The molecular formula is C18H25N5O4. The number of piperidine rings is 1. The van der Waals surface area contributed by atoms with Crippen molar-refractivity contribution in [2.75, 3.05) is 30.4 Å². The monoisotopic (exact) mass is 375 g/mol. The maximum atomic E-state index is 11.7. The minimum atomic E-state index is -0.774. The number of carbonyl (C=O) groups excluding carboxylic acids is 2. The molecule has 9 heteroatoms. The molecule has 1 aromatic heterocycles. The van der Waals surface area contributed by atoms with Gasteiger partial charge in [0.25, 0.3) is 0 Å². The van der Waals surface area contributed by atoms with Crippen LogP contribution in [-0.4, -0.2) is 48.0 Å². The largest absolute Gasteiger partial charge is 0.481 e. The summed E-state index contributed by atoms with van der Waals surface area (Å²) in [5.74, 6) is -1.07. The second-order valence-corrected chi connectivity index (χ2v) is 7.42. The fourth-order valence-corrected chi connectivity index (χ4v) is 4.18. The number of amides is 2. The lowest BCUT2D eigenvalue weighted by Crippen LogP contribution is -2.47. The first kappa shape index (κ1) is 19.1. The third-order valence-corrected chi connectivity index (χ3v) is 5.51. The van der Waals surface area contributed by atoms with Crippen molar-refractivity contribution in [3.8, 4) is 0 Å². The molecule has 2 fully saturated rings. The molecule has 1 aliphatic carbocycles. The smallest absolute Gasteiger partial charge is 0.323 e. The molecule has 0 bridgehead atoms. The number of nitrogens with one attached hydrogen (secondary N) is 3. The minimum Gasteiger partial charge on any atom is -0.481 e. The molecule has 2 heterocycles. The highest BCUT2D eigenvalue weighted by Gasteiger charge is 2.46. The normalized spacial score (nSPS) is 18.6. The maximum Gasteiger partial charge on any atom is 0.323 e. The predicted octanol–water partition coefficient (Wildman–Crippen LogP) is 0.742. The molecule has 1 spiro atoms. The average Bonchev–Trinajstić information content (AvgIpc) is 2.61. The molecular weight excluding hydrogens is 350 g/mol. The highest BCUT2D eigenvalue weighted by atomic mass is 16.4. The van der Waals surface area contributed by atoms with E-state index in [1.807, 2.05) is 6.07 Å². The Labute approximate surface area is 157 Å². The number of aromatic nitrogens is 1. The van der Waals surface area contributed by atoms with Gasteiger partial charge in [0.15, 0.2) is 0 Å². The van der Waals surface area contributed by atoms with Crippen molar-refractivity contribution < 1.29 is 19.5 Å². The Morgan fingerprint density at radius 2 is 1.93 bits per heavy atom. The van der Waals surface area contributed by atoms with Crippen LogP contribution in [0.3, 0.4) is 0 Å². The number of carboxylic acid groups (broad SMARTS) is 1. The fourth-order valence-electron chi connectivity index (χ4n) is 4.18. The summed E-state index contributed by atoms with van der Waals surface area (Å²) in [6.07, 6.45) is 5.95. The molecule has 27 heavy (non-hydrogen) atoms. The van der Waals surface area contributed by atoms with Crippen LogP contribution in [0.1, 0.15) is 32.1 Å². The van der Waals surface area contributed by atoms with Gasteiger partial charge in [-0.25, -0.2) is 10.4 Å². The second kappa shape index (κ2) is 7.91. The number of carboxylic acids is 1. The SMILES string of the molecule is CNNC(=O)C(=O)Nc1ccc(N2CCC3(CC2)CC(CC(=O)O)C3)nc1. The molecule has 0 radical (unpaired) electrons. The van der Waals surface area contributed by atoms with Crippen LogP contribution in [0, 0.1) is 11.3 Å². The van der Waals surface area contributed by atoms with Gasteiger partial charge < -0.3 is 15.3 Å². The van der Waals surface area contributed by atoms with E-state index in [0.29, 0.717) is 17.0 Å². The molecule has 0 atom stereocenters. The first-order valence-electron chi connectivity index (χ1n) is 9.12. The van der Waals surface area contributed by atoms with Crippen molar-refractivity contribution >= 4 is 29.3 Å². The van der Waals surface area contributed by atoms with Crippen molar-refractivity contribution in [1.82, 2.24) is 15.8 Å². The molecule has 1 aromatic rings. The van der Waals surface area contributed by atoms with Gasteiger partial charge in [0, 0.05) is 26.6 Å². The van der Waals surface area contributed by atoms with Crippen LogP contribution in [0.2, 0.25) is 0 Å². The number of hydrogen-bond donors (Lipinski definition) is 4. The van der Waals surface area contributed by atoms with E-state index in [4.69, 9.17) is 5.11 Å². The summed E-state index contributed by atoms with van der Waals surface area (Å²) in [6, 6.07) is 3.56. The van der Waals surface area contributed by atoms with Gasteiger partial charge in [-0.15, -0.1) is 0 Å². The molecule has 9 nitrogen and oxygen atoms in total. The minimum absolute atomic E-state index is 0.284. The summed E-state index contributed by atoms with van der Waals surface area (Å²) in [4.78, 5) is 40.5. The fraction of sp³-hybridized carbons (Fsp3) is 0.556. The standard InChI is InChI=1S/C18H25N5O4/c1-19-22-17(27)16(26)21-13-2-3-14(20-11-13)23-6-4-18(5-7-23)9-12(10-18)8-15(24)25/h2-3,11-12,19H,4-10H2,1H3,(H,21,26)(H,22,27)(H,24,25). The van der Waals surface area contributed by atoms with Gasteiger partial charge in [-0.05, 0) is 49.1 Å². The van der Waals surface area contributed by atoms with Gasteiger partial charge in [-0.3, -0.25) is 19.8 Å². The molecule has 1 saturated carbocycles. The lowest BCUT2D eigenvalue weighted by Gasteiger charge is -2.52. The zero-order valence-electron chi connectivity index (χ0n) is 15.3. The van der Waals surface area contributed by atoms with Crippen molar-refractivity contribution in [3.05, 3.63) is 18.3 Å². The van der Waals surface area contributed by atoms with Gasteiger partial charge in [0.2, 0.25) is 0 Å². The molecule has 1 saturated heterocycles. The topological polar surface area (TPSA) is 124 Å². The summed E-state index contributed by atoms with van der Waals surface area (Å²) in [6.45, 7) is 1.78. The number of anilines is 2. The van der Waals surface area contributed by atoms with Crippen molar-refractivity contribution in [3.63, 3.8) is 0 Å². The molecule has 1 aliphatic heterocycles. The van der Waals surface area contributed by atoms with Crippen LogP contribution in [0.25, 0.3) is 0 Å². The number of rotatable bonds is 5. The molecule has 2 amide bonds. The van der Waals surface area contributed by atoms with Crippen LogP contribution in [0.15, 0.2) is 18.3 Å². The van der Waals surface area contributed by atoms with E-state index < -0.39 is 17.8 Å². The molecule has 0 unspecified atom stereocenters. The van der Waals surface area contributed by atoms with Gasteiger partial charge in [0.05, 0.1) is 11.9 Å². The number of carbonyl (C=O) groups is 3. The van der Waals surface area contributed by atoms with Crippen molar-refractivity contribution in [2.24, 2.45) is 11.3 Å². The third-order valence-electron chi connectivity index (χ3n) is 5.51. The van der Waals surface area contributed by atoms with Crippen molar-refractivity contribution in [2.45, 2.75) is 32.1 Å². The van der Waals surface area contributed by atoms with Gasteiger partial charge in [0.1, 0.15) is 5.82 Å². The summed E-state index contributed by atoms with van der Waals surface area (Å²) in [5, 5.41) is 11.4. The van der Waals surface area contributed by atoms with Gasteiger partial charge >= 0.3 is 17.8 Å². The predicted molar refractivity (Wildman–Crippen MR) is 98.9 cm³/mol. The molecule has 146 valence electrons. The molecule has 2 aliphatic rings. The van der Waals surface area contributed by atoms with E-state index >= 15 is 0 Å². The zero-order valence-corrected chi connectivity index (χ0v) is 15.3. The van der Waals surface area contributed by atoms with E-state index in [1.54, 1.807) is 6.07 Å². The van der Waals surface area contributed by atoms with Crippen LogP contribution in [0.5, 0.6) is 0 Å².